The third kappa shape index (κ3) is 4.95. The van der Waals surface area contributed by atoms with E-state index in [1.807, 2.05) is 0 Å². The average molecular weight is 236 g/mol. The van der Waals surface area contributed by atoms with Gasteiger partial charge < -0.3 is 4.43 Å². The van der Waals surface area contributed by atoms with Crippen LogP contribution in [0.4, 0.5) is 0 Å². The van der Waals surface area contributed by atoms with Gasteiger partial charge in [-0.2, -0.15) is 0 Å². The van der Waals surface area contributed by atoms with Crippen LogP contribution >= 0.6 is 0 Å². The smallest absolute Gasteiger partial charge is 0.146 e. The molecule has 1 unspecified atom stereocenters. The zero-order valence-electron chi connectivity index (χ0n) is 10.6. The van der Waals surface area contributed by atoms with Gasteiger partial charge in [0, 0.05) is 0 Å². The van der Waals surface area contributed by atoms with E-state index in [-0.39, 0.29) is 0 Å². The first-order chi connectivity index (χ1) is 7.88. The molecule has 0 aliphatic heterocycles. The van der Waals surface area contributed by atoms with E-state index in [4.69, 9.17) is 4.43 Å². The summed E-state index contributed by atoms with van der Waals surface area (Å²) in [7, 11) is 0.827. The maximum absolute atomic E-state index is 5.68. The summed E-state index contributed by atoms with van der Waals surface area (Å²) in [5, 5.41) is 0. The van der Waals surface area contributed by atoms with Crippen molar-refractivity contribution in [1.29, 1.82) is 0 Å². The molecular weight excluding hydrogens is 212 g/mol. The third-order valence-corrected chi connectivity index (χ3v) is 3.59. The highest BCUT2D eigenvalue weighted by atomic mass is 28.2. The molecular formula is C14H24OSi. The topological polar surface area (TPSA) is 9.23 Å². The van der Waals surface area contributed by atoms with Gasteiger partial charge in [0.05, 0.1) is 6.10 Å². The Morgan fingerprint density at radius 1 is 1.06 bits per heavy atom. The fourth-order valence-electron chi connectivity index (χ4n) is 2.02. The summed E-state index contributed by atoms with van der Waals surface area (Å²) >= 11 is 0. The molecule has 0 aliphatic rings. The highest BCUT2D eigenvalue weighted by Crippen LogP contribution is 2.22. The van der Waals surface area contributed by atoms with E-state index in [1.54, 1.807) is 0 Å². The van der Waals surface area contributed by atoms with Crippen LogP contribution in [-0.4, -0.2) is 10.5 Å². The number of hydrogen-bond acceptors (Lipinski definition) is 1. The van der Waals surface area contributed by atoms with Crippen LogP contribution in [0.25, 0.3) is 0 Å². The predicted molar refractivity (Wildman–Crippen MR) is 73.6 cm³/mol. The maximum atomic E-state index is 5.68. The van der Waals surface area contributed by atoms with Crippen LogP contribution in [0.2, 0.25) is 0 Å². The lowest BCUT2D eigenvalue weighted by Gasteiger charge is -2.16. The van der Waals surface area contributed by atoms with Gasteiger partial charge in [0.15, 0.2) is 0 Å². The minimum Gasteiger partial charge on any atom is -0.421 e. The minimum absolute atomic E-state index is 0.342. The summed E-state index contributed by atoms with van der Waals surface area (Å²) in [6.45, 7) is 2.26. The van der Waals surface area contributed by atoms with Crippen LogP contribution in [0.15, 0.2) is 30.3 Å². The van der Waals surface area contributed by atoms with Crippen molar-refractivity contribution in [3.8, 4) is 0 Å². The molecule has 0 heterocycles. The first-order valence-electron chi connectivity index (χ1n) is 6.46. The summed E-state index contributed by atoms with van der Waals surface area (Å²) in [5.74, 6) is 0. The lowest BCUT2D eigenvalue weighted by atomic mass is 10.0. The molecule has 1 atom stereocenters. The molecule has 0 amide bonds. The van der Waals surface area contributed by atoms with Gasteiger partial charge in [0.2, 0.25) is 0 Å². The van der Waals surface area contributed by atoms with Gasteiger partial charge in [0.25, 0.3) is 0 Å². The SMILES string of the molecule is CCCCCCCC(O[SiH3])c1ccccc1. The molecule has 0 bridgehead atoms. The van der Waals surface area contributed by atoms with Crippen LogP contribution in [0, 0.1) is 0 Å². The molecule has 1 rings (SSSR count). The zero-order valence-corrected chi connectivity index (χ0v) is 12.6. The van der Waals surface area contributed by atoms with E-state index in [2.05, 4.69) is 37.3 Å². The second-order valence-electron chi connectivity index (χ2n) is 4.34. The predicted octanol–water partition coefficient (Wildman–Crippen LogP) is 3.39. The van der Waals surface area contributed by atoms with Crippen molar-refractivity contribution < 1.29 is 4.43 Å². The number of rotatable bonds is 8. The minimum atomic E-state index is 0.342. The monoisotopic (exact) mass is 236 g/mol. The lowest BCUT2D eigenvalue weighted by molar-refractivity contribution is 0.209. The van der Waals surface area contributed by atoms with Crippen molar-refractivity contribution in [2.75, 3.05) is 0 Å². The lowest BCUT2D eigenvalue weighted by Crippen LogP contribution is -2.02. The van der Waals surface area contributed by atoms with Gasteiger partial charge in [-0.25, -0.2) is 0 Å². The molecule has 0 fully saturated rings. The molecule has 0 saturated heterocycles. The Morgan fingerprint density at radius 2 is 1.75 bits per heavy atom. The summed E-state index contributed by atoms with van der Waals surface area (Å²) in [6.07, 6.45) is 8.23. The first-order valence-corrected chi connectivity index (χ1v) is 7.28. The van der Waals surface area contributed by atoms with Gasteiger partial charge in [-0.15, -0.1) is 0 Å². The van der Waals surface area contributed by atoms with Crippen molar-refractivity contribution >= 4 is 10.5 Å². The zero-order chi connectivity index (χ0) is 11.6. The third-order valence-electron chi connectivity index (χ3n) is 3.03. The molecule has 0 saturated carbocycles. The van der Waals surface area contributed by atoms with Crippen molar-refractivity contribution in [1.82, 2.24) is 0 Å². The van der Waals surface area contributed by atoms with Crippen molar-refractivity contribution in [2.45, 2.75) is 51.6 Å². The molecule has 0 radical (unpaired) electrons. The van der Waals surface area contributed by atoms with Gasteiger partial charge in [-0.1, -0.05) is 69.4 Å². The molecule has 2 heteroatoms. The standard InChI is InChI=1S/C14H24OSi/c1-2-3-4-5-9-12-14(15-16)13-10-7-6-8-11-13/h6-8,10-11,14H,2-5,9,12H2,1,16H3. The van der Waals surface area contributed by atoms with Crippen LogP contribution in [0.3, 0.4) is 0 Å². The normalized spacial score (nSPS) is 12.8. The Labute approximate surface area is 103 Å². The summed E-state index contributed by atoms with van der Waals surface area (Å²) in [5.41, 5.74) is 1.34. The van der Waals surface area contributed by atoms with Crippen LogP contribution in [-0.2, 0) is 4.43 Å². The number of benzene rings is 1. The van der Waals surface area contributed by atoms with E-state index in [0.717, 1.165) is 10.5 Å². The van der Waals surface area contributed by atoms with E-state index in [9.17, 15) is 0 Å². The van der Waals surface area contributed by atoms with Crippen molar-refractivity contribution in [2.24, 2.45) is 0 Å². The van der Waals surface area contributed by atoms with Crippen molar-refractivity contribution in [3.05, 3.63) is 35.9 Å². The Balaban J connectivity index is 2.27. The Morgan fingerprint density at radius 3 is 2.38 bits per heavy atom. The quantitative estimate of drug-likeness (QED) is 0.496. The fourth-order valence-corrected chi connectivity index (χ4v) is 2.53. The Kier molecular flexibility index (Phi) is 7.18. The molecule has 0 aliphatic carbocycles. The van der Waals surface area contributed by atoms with Crippen LogP contribution < -0.4 is 0 Å². The highest BCUT2D eigenvalue weighted by molar-refractivity contribution is 5.98. The molecule has 1 aromatic carbocycles. The van der Waals surface area contributed by atoms with Crippen molar-refractivity contribution in [3.63, 3.8) is 0 Å². The molecule has 1 aromatic rings. The second kappa shape index (κ2) is 8.54. The van der Waals surface area contributed by atoms with E-state index < -0.39 is 0 Å². The van der Waals surface area contributed by atoms with E-state index in [1.165, 1.54) is 44.1 Å². The molecule has 90 valence electrons. The number of hydrogen-bond donors (Lipinski definition) is 0. The Hall–Kier alpha value is -0.603. The molecule has 0 spiro atoms. The van der Waals surface area contributed by atoms with E-state index >= 15 is 0 Å². The van der Waals surface area contributed by atoms with Crippen LogP contribution in [0.5, 0.6) is 0 Å². The van der Waals surface area contributed by atoms with Gasteiger partial charge in [-0.05, 0) is 12.0 Å². The summed E-state index contributed by atoms with van der Waals surface area (Å²) in [4.78, 5) is 0. The summed E-state index contributed by atoms with van der Waals surface area (Å²) < 4.78 is 5.68. The summed E-state index contributed by atoms with van der Waals surface area (Å²) in [6, 6.07) is 10.6. The van der Waals surface area contributed by atoms with Gasteiger partial charge in [-0.3, -0.25) is 0 Å². The van der Waals surface area contributed by atoms with E-state index in [0.29, 0.717) is 6.10 Å². The molecule has 0 aromatic heterocycles. The first kappa shape index (κ1) is 13.5. The average Bonchev–Trinajstić information content (AvgIpc) is 2.35. The highest BCUT2D eigenvalue weighted by Gasteiger charge is 2.08. The number of unbranched alkanes of at least 4 members (excludes halogenated alkanes) is 4. The van der Waals surface area contributed by atoms with Crippen LogP contribution in [0.1, 0.15) is 57.1 Å². The molecule has 1 nitrogen and oxygen atoms in total. The Bertz CT molecular complexity index is 261. The van der Waals surface area contributed by atoms with Gasteiger partial charge >= 0.3 is 0 Å². The van der Waals surface area contributed by atoms with Gasteiger partial charge in [0.1, 0.15) is 10.5 Å². The molecule has 16 heavy (non-hydrogen) atoms. The second-order valence-corrected chi connectivity index (χ2v) is 4.81. The largest absolute Gasteiger partial charge is 0.421 e. The maximum Gasteiger partial charge on any atom is 0.146 e. The fraction of sp³-hybridized carbons (Fsp3) is 0.571. The molecule has 0 N–H and O–H groups in total.